The van der Waals surface area contributed by atoms with Crippen molar-refractivity contribution in [3.8, 4) is 0 Å². The highest BCUT2D eigenvalue weighted by Gasteiger charge is 2.16. The van der Waals surface area contributed by atoms with Crippen LogP contribution in [-0.2, 0) is 4.74 Å². The van der Waals surface area contributed by atoms with E-state index in [0.29, 0.717) is 22.4 Å². The average Bonchev–Trinajstić information content (AvgIpc) is 2.28. The highest BCUT2D eigenvalue weighted by Crippen LogP contribution is 2.17. The smallest absolute Gasteiger partial charge is 0.338 e. The Balaban J connectivity index is 3.17. The minimum absolute atomic E-state index is 0.0728. The summed E-state index contributed by atoms with van der Waals surface area (Å²) >= 11 is 4.14. The van der Waals surface area contributed by atoms with Gasteiger partial charge in [-0.05, 0) is 25.1 Å². The quantitative estimate of drug-likeness (QED) is 0.498. The molecule has 0 unspecified atom stereocenters. The molecule has 1 aromatic carbocycles. The van der Waals surface area contributed by atoms with Gasteiger partial charge in [0.25, 0.3) is 0 Å². The van der Waals surface area contributed by atoms with Crippen LogP contribution >= 0.6 is 12.6 Å². The Hall–Kier alpha value is -1.29. The van der Waals surface area contributed by atoms with Crippen molar-refractivity contribution in [2.24, 2.45) is 0 Å². The van der Waals surface area contributed by atoms with Crippen molar-refractivity contribution in [3.63, 3.8) is 0 Å². The molecule has 0 aliphatic heterocycles. The second kappa shape index (κ2) is 5.70. The van der Waals surface area contributed by atoms with Crippen molar-refractivity contribution in [1.82, 2.24) is 0 Å². The molecule has 0 spiro atoms. The van der Waals surface area contributed by atoms with E-state index in [1.807, 2.05) is 0 Å². The minimum Gasteiger partial charge on any atom is -0.462 e. The van der Waals surface area contributed by atoms with Gasteiger partial charge in [-0.15, -0.1) is 12.6 Å². The highest BCUT2D eigenvalue weighted by molar-refractivity contribution is 7.80. The maximum atomic E-state index is 11.6. The van der Waals surface area contributed by atoms with Crippen LogP contribution in [0.4, 0.5) is 0 Å². The summed E-state index contributed by atoms with van der Waals surface area (Å²) in [6.45, 7) is 3.77. The van der Waals surface area contributed by atoms with E-state index in [1.165, 1.54) is 0 Å². The second-order valence-corrected chi connectivity index (χ2v) is 3.74. The van der Waals surface area contributed by atoms with E-state index in [9.17, 15) is 9.59 Å². The first-order chi connectivity index (χ1) is 7.60. The van der Waals surface area contributed by atoms with Crippen LogP contribution in [0.1, 0.15) is 41.0 Å². The molecule has 0 atom stereocenters. The Bertz CT molecular complexity index is 413. The number of carbonyl (C=O) groups excluding carboxylic acids is 2. The van der Waals surface area contributed by atoms with Crippen LogP contribution in [-0.4, -0.2) is 18.4 Å². The van der Waals surface area contributed by atoms with Gasteiger partial charge < -0.3 is 4.74 Å². The van der Waals surface area contributed by atoms with Crippen molar-refractivity contribution in [2.45, 2.75) is 25.2 Å². The topological polar surface area (TPSA) is 43.4 Å². The van der Waals surface area contributed by atoms with Crippen molar-refractivity contribution in [1.29, 1.82) is 0 Å². The molecule has 0 saturated heterocycles. The lowest BCUT2D eigenvalue weighted by Gasteiger charge is -2.07. The summed E-state index contributed by atoms with van der Waals surface area (Å²) in [4.78, 5) is 23.9. The number of esters is 1. The monoisotopic (exact) mass is 238 g/mol. The fourth-order valence-electron chi connectivity index (χ4n) is 1.34. The lowest BCUT2D eigenvalue weighted by molar-refractivity contribution is 0.0522. The van der Waals surface area contributed by atoms with E-state index < -0.39 is 5.97 Å². The van der Waals surface area contributed by atoms with Gasteiger partial charge in [0.2, 0.25) is 0 Å². The van der Waals surface area contributed by atoms with Crippen LogP contribution in [0.3, 0.4) is 0 Å². The average molecular weight is 238 g/mol. The van der Waals surface area contributed by atoms with E-state index in [4.69, 9.17) is 4.74 Å². The minimum atomic E-state index is -0.477. The van der Waals surface area contributed by atoms with Crippen LogP contribution in [0.15, 0.2) is 23.1 Å². The number of ether oxygens (including phenoxy) is 1. The molecule has 0 aliphatic carbocycles. The maximum absolute atomic E-state index is 11.6. The third-order valence-corrected chi connectivity index (χ3v) is 2.40. The fraction of sp³-hybridized carbons (Fsp3) is 0.333. The Kier molecular flexibility index (Phi) is 4.55. The van der Waals surface area contributed by atoms with Crippen molar-refractivity contribution < 1.29 is 14.3 Å². The van der Waals surface area contributed by atoms with Crippen LogP contribution in [0.5, 0.6) is 0 Å². The summed E-state index contributed by atoms with van der Waals surface area (Å²) in [5, 5.41) is 0. The Morgan fingerprint density at radius 1 is 1.25 bits per heavy atom. The molecule has 86 valence electrons. The van der Waals surface area contributed by atoms with Gasteiger partial charge in [0.1, 0.15) is 0 Å². The van der Waals surface area contributed by atoms with E-state index in [-0.39, 0.29) is 12.4 Å². The van der Waals surface area contributed by atoms with Gasteiger partial charge in [-0.25, -0.2) is 4.79 Å². The van der Waals surface area contributed by atoms with Crippen molar-refractivity contribution in [3.05, 3.63) is 29.3 Å². The number of benzene rings is 1. The van der Waals surface area contributed by atoms with Gasteiger partial charge in [0, 0.05) is 16.9 Å². The Morgan fingerprint density at radius 2 is 1.94 bits per heavy atom. The van der Waals surface area contributed by atoms with E-state index in [2.05, 4.69) is 12.6 Å². The first-order valence-electron chi connectivity index (χ1n) is 5.13. The normalized spacial score (nSPS) is 9.94. The predicted molar refractivity (Wildman–Crippen MR) is 64.3 cm³/mol. The summed E-state index contributed by atoms with van der Waals surface area (Å²) in [6.07, 6.45) is 0.359. The Morgan fingerprint density at radius 3 is 2.50 bits per heavy atom. The molecule has 0 radical (unpaired) electrons. The zero-order valence-electron chi connectivity index (χ0n) is 9.32. The molecule has 0 aliphatic rings. The molecular weight excluding hydrogens is 224 g/mol. The van der Waals surface area contributed by atoms with Gasteiger partial charge in [-0.2, -0.15) is 0 Å². The van der Waals surface area contributed by atoms with Crippen LogP contribution in [0, 0.1) is 0 Å². The second-order valence-electron chi connectivity index (χ2n) is 3.23. The summed E-state index contributed by atoms with van der Waals surface area (Å²) < 4.78 is 4.89. The summed E-state index contributed by atoms with van der Waals surface area (Å²) in [7, 11) is 0. The number of ketones is 1. The van der Waals surface area contributed by atoms with Gasteiger partial charge in [-0.1, -0.05) is 6.92 Å². The van der Waals surface area contributed by atoms with Crippen LogP contribution in [0.2, 0.25) is 0 Å². The van der Waals surface area contributed by atoms with E-state index >= 15 is 0 Å². The predicted octanol–water partition coefficient (Wildman–Crippen LogP) is 2.74. The third kappa shape index (κ3) is 2.85. The first kappa shape index (κ1) is 12.8. The maximum Gasteiger partial charge on any atom is 0.338 e. The molecule has 0 N–H and O–H groups in total. The molecule has 16 heavy (non-hydrogen) atoms. The molecule has 0 bridgehead atoms. The fourth-order valence-corrected chi connectivity index (χ4v) is 1.55. The Labute approximate surface area is 100 Å². The molecule has 3 nitrogen and oxygen atoms in total. The molecular formula is C12H14O3S. The number of hydrogen-bond donors (Lipinski definition) is 1. The molecule has 0 saturated carbocycles. The first-order valence-corrected chi connectivity index (χ1v) is 5.58. The third-order valence-electron chi connectivity index (χ3n) is 2.12. The molecule has 0 amide bonds. The van der Waals surface area contributed by atoms with Gasteiger partial charge in [-0.3, -0.25) is 4.79 Å². The van der Waals surface area contributed by atoms with E-state index in [0.717, 1.165) is 0 Å². The molecule has 0 aromatic heterocycles. The summed E-state index contributed by atoms with van der Waals surface area (Å²) in [6, 6.07) is 4.86. The SMILES string of the molecule is CCOC(=O)c1cc(S)ccc1C(=O)CC. The summed E-state index contributed by atoms with van der Waals surface area (Å²) in [5.74, 6) is -0.549. The lowest BCUT2D eigenvalue weighted by atomic mass is 10.0. The lowest BCUT2D eigenvalue weighted by Crippen LogP contribution is -2.11. The number of Topliss-reactive ketones (excluding diaryl/α,β-unsaturated/α-hetero) is 1. The molecule has 0 fully saturated rings. The van der Waals surface area contributed by atoms with Crippen LogP contribution in [0.25, 0.3) is 0 Å². The standard InChI is InChI=1S/C12H14O3S/c1-3-11(13)9-6-5-8(16)7-10(9)12(14)15-4-2/h5-7,16H,3-4H2,1-2H3. The number of thiol groups is 1. The highest BCUT2D eigenvalue weighted by atomic mass is 32.1. The number of hydrogen-bond acceptors (Lipinski definition) is 4. The molecule has 1 rings (SSSR count). The van der Waals surface area contributed by atoms with Crippen molar-refractivity contribution >= 4 is 24.4 Å². The molecule has 1 aromatic rings. The van der Waals surface area contributed by atoms with Gasteiger partial charge >= 0.3 is 5.97 Å². The van der Waals surface area contributed by atoms with Gasteiger partial charge in [0.15, 0.2) is 5.78 Å². The zero-order valence-corrected chi connectivity index (χ0v) is 10.2. The van der Waals surface area contributed by atoms with Crippen LogP contribution < -0.4 is 0 Å². The number of rotatable bonds is 4. The van der Waals surface area contributed by atoms with E-state index in [1.54, 1.807) is 32.0 Å². The van der Waals surface area contributed by atoms with Gasteiger partial charge in [0.05, 0.1) is 12.2 Å². The van der Waals surface area contributed by atoms with Crippen molar-refractivity contribution in [2.75, 3.05) is 6.61 Å². The largest absolute Gasteiger partial charge is 0.462 e. The molecule has 4 heteroatoms. The number of carbonyl (C=O) groups is 2. The zero-order chi connectivity index (χ0) is 12.1. The summed E-state index contributed by atoms with van der Waals surface area (Å²) in [5.41, 5.74) is 0.694. The molecule has 0 heterocycles.